The number of nitrogens with two attached hydrogens (primary N) is 1. The molecule has 0 bridgehead atoms. The molecule has 0 aliphatic heterocycles. The maximum absolute atomic E-state index is 5.65. The summed E-state index contributed by atoms with van der Waals surface area (Å²) in [4.78, 5) is 0. The van der Waals surface area contributed by atoms with Crippen LogP contribution in [0.15, 0.2) is 36.4 Å². The van der Waals surface area contributed by atoms with Crippen LogP contribution in [0.4, 0.5) is 0 Å². The lowest BCUT2D eigenvalue weighted by Crippen LogP contribution is -2.24. The molecule has 0 spiro atoms. The molecule has 20 heavy (non-hydrogen) atoms. The lowest BCUT2D eigenvalue weighted by Gasteiger charge is -2.33. The van der Waals surface area contributed by atoms with Crippen molar-refractivity contribution in [1.82, 2.24) is 0 Å². The van der Waals surface area contributed by atoms with Gasteiger partial charge in [-0.05, 0) is 40.5 Å². The molecule has 0 atom stereocenters. The van der Waals surface area contributed by atoms with Crippen LogP contribution in [0.5, 0.6) is 5.75 Å². The van der Waals surface area contributed by atoms with Crippen molar-refractivity contribution in [2.24, 2.45) is 11.1 Å². The third-order valence-corrected chi connectivity index (χ3v) is 3.34. The van der Waals surface area contributed by atoms with Gasteiger partial charge in [0.15, 0.2) is 0 Å². The summed E-state index contributed by atoms with van der Waals surface area (Å²) in [5.74, 6) is 0.870. The van der Waals surface area contributed by atoms with Crippen LogP contribution < -0.4 is 10.5 Å². The van der Waals surface area contributed by atoms with Crippen LogP contribution in [0.1, 0.15) is 46.6 Å². The highest BCUT2D eigenvalue weighted by molar-refractivity contribution is 5.32. The highest BCUT2D eigenvalue weighted by Gasteiger charge is 2.27. The van der Waals surface area contributed by atoms with Gasteiger partial charge in [-0.1, -0.05) is 53.3 Å². The predicted octanol–water partition coefficient (Wildman–Crippen LogP) is 4.29. The van der Waals surface area contributed by atoms with Gasteiger partial charge in [0.2, 0.25) is 0 Å². The first-order valence-corrected chi connectivity index (χ1v) is 7.24. The summed E-state index contributed by atoms with van der Waals surface area (Å²) in [6.45, 7) is 16.2. The van der Waals surface area contributed by atoms with E-state index in [-0.39, 0.29) is 5.41 Å². The topological polar surface area (TPSA) is 35.2 Å². The van der Waals surface area contributed by atoms with E-state index in [0.29, 0.717) is 18.6 Å². The van der Waals surface area contributed by atoms with Crippen molar-refractivity contribution in [3.05, 3.63) is 42.0 Å². The van der Waals surface area contributed by atoms with E-state index in [1.807, 2.05) is 12.1 Å². The normalized spacial score (nSPS) is 12.3. The van der Waals surface area contributed by atoms with Gasteiger partial charge in [0.25, 0.3) is 0 Å². The van der Waals surface area contributed by atoms with Gasteiger partial charge in [-0.3, -0.25) is 0 Å². The summed E-state index contributed by atoms with van der Waals surface area (Å²) in [5, 5.41) is 0. The van der Waals surface area contributed by atoms with E-state index in [4.69, 9.17) is 10.5 Å². The molecule has 2 nitrogen and oxygen atoms in total. The first-order valence-electron chi connectivity index (χ1n) is 7.24. The average molecular weight is 275 g/mol. The lowest BCUT2D eigenvalue weighted by molar-refractivity contribution is 0.284. The van der Waals surface area contributed by atoms with E-state index in [0.717, 1.165) is 17.7 Å². The van der Waals surface area contributed by atoms with Gasteiger partial charge in [0, 0.05) is 6.54 Å². The van der Waals surface area contributed by atoms with Gasteiger partial charge in [0.1, 0.15) is 12.4 Å². The molecule has 0 aromatic heterocycles. The van der Waals surface area contributed by atoms with E-state index < -0.39 is 0 Å². The third kappa shape index (κ3) is 5.38. The maximum Gasteiger partial charge on any atom is 0.119 e. The van der Waals surface area contributed by atoms with Gasteiger partial charge in [-0.2, -0.15) is 0 Å². The minimum Gasteiger partial charge on any atom is -0.489 e. The van der Waals surface area contributed by atoms with Gasteiger partial charge < -0.3 is 10.5 Å². The zero-order valence-electron chi connectivity index (χ0n) is 13.6. The highest BCUT2D eigenvalue weighted by Crippen LogP contribution is 2.36. The number of rotatable bonds is 6. The first-order chi connectivity index (χ1) is 9.14. The van der Waals surface area contributed by atoms with Gasteiger partial charge in [-0.15, -0.1) is 0 Å². The van der Waals surface area contributed by atoms with Crippen molar-refractivity contribution < 1.29 is 4.74 Å². The summed E-state index contributed by atoms with van der Waals surface area (Å²) < 4.78 is 5.65. The van der Waals surface area contributed by atoms with Gasteiger partial charge in [-0.25, -0.2) is 0 Å². The Balaban J connectivity index is 2.73. The Hall–Kier alpha value is -1.28. The molecular formula is C18H29NO. The largest absolute Gasteiger partial charge is 0.489 e. The Morgan fingerprint density at radius 2 is 1.65 bits per heavy atom. The Labute approximate surface area is 124 Å². The van der Waals surface area contributed by atoms with E-state index in [9.17, 15) is 0 Å². The van der Waals surface area contributed by atoms with Crippen molar-refractivity contribution >= 4 is 0 Å². The summed E-state index contributed by atoms with van der Waals surface area (Å²) in [7, 11) is 0. The highest BCUT2D eigenvalue weighted by atomic mass is 16.5. The molecule has 0 amide bonds. The molecule has 0 aliphatic carbocycles. The smallest absolute Gasteiger partial charge is 0.119 e. The van der Waals surface area contributed by atoms with E-state index in [2.05, 4.69) is 53.3 Å². The molecule has 112 valence electrons. The second-order valence-electron chi connectivity index (χ2n) is 7.39. The molecule has 1 aromatic carbocycles. The van der Waals surface area contributed by atoms with Crippen LogP contribution in [-0.2, 0) is 5.41 Å². The Morgan fingerprint density at radius 3 is 2.10 bits per heavy atom. The molecule has 1 aromatic rings. The summed E-state index contributed by atoms with van der Waals surface area (Å²) >= 11 is 0. The second-order valence-corrected chi connectivity index (χ2v) is 7.39. The van der Waals surface area contributed by atoms with Crippen LogP contribution in [-0.4, -0.2) is 13.2 Å². The Bertz CT molecular complexity index is 437. The summed E-state index contributed by atoms with van der Waals surface area (Å²) in [6.07, 6.45) is 1.14. The number of hydrogen-bond acceptors (Lipinski definition) is 2. The maximum atomic E-state index is 5.65. The standard InChI is InChI=1S/C18H29NO/c1-14(11-19)12-20-16-9-7-15(8-10-16)18(5,6)13-17(2,3)4/h7-10H,1,11-13,19H2,2-6H3. The number of ether oxygens (including phenoxy) is 1. The summed E-state index contributed by atoms with van der Waals surface area (Å²) in [6, 6.07) is 8.38. The fourth-order valence-electron chi connectivity index (χ4n) is 2.67. The van der Waals surface area contributed by atoms with Crippen molar-refractivity contribution in [3.63, 3.8) is 0 Å². The quantitative estimate of drug-likeness (QED) is 0.786. The average Bonchev–Trinajstić information content (AvgIpc) is 2.33. The minimum atomic E-state index is 0.164. The fourth-order valence-corrected chi connectivity index (χ4v) is 2.67. The predicted molar refractivity (Wildman–Crippen MR) is 87.2 cm³/mol. The molecule has 0 saturated heterocycles. The SMILES string of the molecule is C=C(CN)COc1ccc(C(C)(C)CC(C)(C)C)cc1. The molecule has 2 heteroatoms. The van der Waals surface area contributed by atoms with Gasteiger partial charge >= 0.3 is 0 Å². The zero-order chi connectivity index (χ0) is 15.4. The van der Waals surface area contributed by atoms with Crippen molar-refractivity contribution in [2.45, 2.75) is 46.5 Å². The minimum absolute atomic E-state index is 0.164. The van der Waals surface area contributed by atoms with Crippen LogP contribution in [0.2, 0.25) is 0 Å². The molecule has 1 rings (SSSR count). The Kier molecular flexibility index (Phi) is 5.41. The molecule has 0 heterocycles. The molecule has 2 N–H and O–H groups in total. The Morgan fingerprint density at radius 1 is 1.10 bits per heavy atom. The van der Waals surface area contributed by atoms with Gasteiger partial charge in [0.05, 0.1) is 0 Å². The summed E-state index contributed by atoms with van der Waals surface area (Å²) in [5.41, 5.74) is 8.23. The fraction of sp³-hybridized carbons (Fsp3) is 0.556. The number of benzene rings is 1. The molecule has 0 unspecified atom stereocenters. The van der Waals surface area contributed by atoms with Crippen LogP contribution >= 0.6 is 0 Å². The van der Waals surface area contributed by atoms with E-state index >= 15 is 0 Å². The molecular weight excluding hydrogens is 246 g/mol. The lowest BCUT2D eigenvalue weighted by atomic mass is 9.72. The van der Waals surface area contributed by atoms with E-state index in [1.165, 1.54) is 5.56 Å². The first kappa shape index (κ1) is 16.8. The monoisotopic (exact) mass is 275 g/mol. The molecule has 0 aliphatic rings. The van der Waals surface area contributed by atoms with Crippen LogP contribution in [0.3, 0.4) is 0 Å². The third-order valence-electron chi connectivity index (χ3n) is 3.34. The molecule has 0 saturated carbocycles. The molecule has 0 fully saturated rings. The van der Waals surface area contributed by atoms with Crippen molar-refractivity contribution in [3.8, 4) is 5.75 Å². The van der Waals surface area contributed by atoms with E-state index in [1.54, 1.807) is 0 Å². The second kappa shape index (κ2) is 6.45. The van der Waals surface area contributed by atoms with Crippen LogP contribution in [0.25, 0.3) is 0 Å². The van der Waals surface area contributed by atoms with Crippen molar-refractivity contribution in [2.75, 3.05) is 13.2 Å². The molecule has 0 radical (unpaired) electrons. The van der Waals surface area contributed by atoms with Crippen LogP contribution in [0, 0.1) is 5.41 Å². The van der Waals surface area contributed by atoms with Crippen molar-refractivity contribution in [1.29, 1.82) is 0 Å². The zero-order valence-corrected chi connectivity index (χ0v) is 13.6. The number of hydrogen-bond donors (Lipinski definition) is 1.